The van der Waals surface area contributed by atoms with Crippen molar-refractivity contribution in [3.8, 4) is 22.8 Å². The molecule has 0 spiro atoms. The molecule has 4 rings (SSSR count). The third-order valence-electron chi connectivity index (χ3n) is 4.90. The average Bonchev–Trinajstić information content (AvgIpc) is 2.75. The minimum absolute atomic E-state index is 0.459. The van der Waals surface area contributed by atoms with Crippen LogP contribution in [0.3, 0.4) is 0 Å². The topological polar surface area (TPSA) is 98.0 Å². The van der Waals surface area contributed by atoms with Gasteiger partial charge in [0.25, 0.3) is 0 Å². The van der Waals surface area contributed by atoms with Gasteiger partial charge in [-0.25, -0.2) is 15.0 Å². The maximum absolute atomic E-state index is 6.18. The fourth-order valence-corrected chi connectivity index (χ4v) is 3.36. The standard InChI is InChI=1S/C21H24N6O/c22-20-19(21(27-14-26-20)25-13-15-8-11-23-12-9-15)16-4-6-17(7-5-16)28-18-3-1-2-10-24-18/h1-7,10,14-15,23H,8-9,11-13H2,(H3,22,25,26,27). The van der Waals surface area contributed by atoms with Crippen LogP contribution in [0.4, 0.5) is 11.6 Å². The van der Waals surface area contributed by atoms with Gasteiger partial charge >= 0.3 is 0 Å². The van der Waals surface area contributed by atoms with Crippen LogP contribution in [-0.4, -0.2) is 34.6 Å². The SMILES string of the molecule is Nc1ncnc(NCC2CCNCC2)c1-c1ccc(Oc2ccccn2)cc1. The molecule has 7 nitrogen and oxygen atoms in total. The summed E-state index contributed by atoms with van der Waals surface area (Å²) < 4.78 is 5.76. The number of hydrogen-bond acceptors (Lipinski definition) is 7. The van der Waals surface area contributed by atoms with Gasteiger partial charge in [0.05, 0.1) is 5.56 Å². The minimum atomic E-state index is 0.459. The molecule has 3 aromatic rings. The second kappa shape index (κ2) is 8.67. The number of nitrogens with zero attached hydrogens (tertiary/aromatic N) is 3. The summed E-state index contributed by atoms with van der Waals surface area (Å²) in [6.07, 6.45) is 5.54. The Kier molecular flexibility index (Phi) is 5.63. The zero-order chi connectivity index (χ0) is 19.2. The van der Waals surface area contributed by atoms with Gasteiger partial charge in [-0.1, -0.05) is 18.2 Å². The van der Waals surface area contributed by atoms with Crippen LogP contribution in [-0.2, 0) is 0 Å². The molecule has 144 valence electrons. The maximum atomic E-state index is 6.18. The molecule has 1 saturated heterocycles. The first-order valence-electron chi connectivity index (χ1n) is 9.54. The summed E-state index contributed by atoms with van der Waals surface area (Å²) in [5, 5.41) is 6.87. The van der Waals surface area contributed by atoms with Gasteiger partial charge in [0.2, 0.25) is 5.88 Å². The Labute approximate surface area is 164 Å². The van der Waals surface area contributed by atoms with Crippen LogP contribution in [0.5, 0.6) is 11.6 Å². The van der Waals surface area contributed by atoms with Crippen LogP contribution < -0.4 is 21.1 Å². The van der Waals surface area contributed by atoms with E-state index in [4.69, 9.17) is 10.5 Å². The Balaban J connectivity index is 1.51. The molecule has 0 saturated carbocycles. The lowest BCUT2D eigenvalue weighted by Crippen LogP contribution is -2.31. The van der Waals surface area contributed by atoms with Crippen molar-refractivity contribution >= 4 is 11.6 Å². The minimum Gasteiger partial charge on any atom is -0.439 e. The van der Waals surface area contributed by atoms with Crippen molar-refractivity contribution in [1.29, 1.82) is 0 Å². The Morgan fingerprint density at radius 2 is 1.86 bits per heavy atom. The van der Waals surface area contributed by atoms with Crippen LogP contribution in [0.1, 0.15) is 12.8 Å². The number of ether oxygens (including phenoxy) is 1. The molecule has 1 fully saturated rings. The van der Waals surface area contributed by atoms with Crippen molar-refractivity contribution in [2.75, 3.05) is 30.7 Å². The molecule has 2 aromatic heterocycles. The highest BCUT2D eigenvalue weighted by atomic mass is 16.5. The van der Waals surface area contributed by atoms with Crippen LogP contribution in [0, 0.1) is 5.92 Å². The molecule has 0 amide bonds. The van der Waals surface area contributed by atoms with E-state index < -0.39 is 0 Å². The number of nitrogens with one attached hydrogen (secondary N) is 2. The molecule has 0 bridgehead atoms. The van der Waals surface area contributed by atoms with Crippen molar-refractivity contribution < 1.29 is 4.74 Å². The van der Waals surface area contributed by atoms with Crippen molar-refractivity contribution in [3.63, 3.8) is 0 Å². The predicted molar refractivity (Wildman–Crippen MR) is 110 cm³/mol. The molecular formula is C21H24N6O. The summed E-state index contributed by atoms with van der Waals surface area (Å²) in [4.78, 5) is 12.8. The third kappa shape index (κ3) is 4.37. The summed E-state index contributed by atoms with van der Waals surface area (Å²) >= 11 is 0. The van der Waals surface area contributed by atoms with E-state index in [0.717, 1.165) is 36.6 Å². The molecule has 0 atom stereocenters. The number of nitrogens with two attached hydrogens (primary N) is 1. The Morgan fingerprint density at radius 3 is 2.61 bits per heavy atom. The zero-order valence-electron chi connectivity index (χ0n) is 15.6. The second-order valence-electron chi connectivity index (χ2n) is 6.85. The molecule has 3 heterocycles. The van der Waals surface area contributed by atoms with E-state index in [9.17, 15) is 0 Å². The number of piperidine rings is 1. The number of anilines is 2. The van der Waals surface area contributed by atoms with E-state index >= 15 is 0 Å². The summed E-state index contributed by atoms with van der Waals surface area (Å²) in [7, 11) is 0. The van der Waals surface area contributed by atoms with Crippen molar-refractivity contribution in [1.82, 2.24) is 20.3 Å². The third-order valence-corrected chi connectivity index (χ3v) is 4.90. The Morgan fingerprint density at radius 1 is 1.04 bits per heavy atom. The number of nitrogen functional groups attached to an aromatic ring is 1. The summed E-state index contributed by atoms with van der Waals surface area (Å²) in [6.45, 7) is 3.03. The summed E-state index contributed by atoms with van der Waals surface area (Å²) in [5.41, 5.74) is 7.95. The van der Waals surface area contributed by atoms with E-state index in [1.54, 1.807) is 6.20 Å². The molecule has 7 heteroatoms. The van der Waals surface area contributed by atoms with E-state index in [-0.39, 0.29) is 0 Å². The predicted octanol–water partition coefficient (Wildman–Crippen LogP) is 3.32. The zero-order valence-corrected chi connectivity index (χ0v) is 15.6. The number of benzene rings is 1. The lowest BCUT2D eigenvalue weighted by molar-refractivity contribution is 0.389. The largest absolute Gasteiger partial charge is 0.439 e. The normalized spacial score (nSPS) is 14.6. The highest BCUT2D eigenvalue weighted by Gasteiger charge is 2.16. The average molecular weight is 376 g/mol. The molecule has 1 aliphatic heterocycles. The first-order chi connectivity index (χ1) is 13.8. The first-order valence-corrected chi connectivity index (χ1v) is 9.54. The van der Waals surface area contributed by atoms with Crippen LogP contribution >= 0.6 is 0 Å². The van der Waals surface area contributed by atoms with E-state index in [0.29, 0.717) is 23.4 Å². The highest BCUT2D eigenvalue weighted by molar-refractivity contribution is 5.83. The van der Waals surface area contributed by atoms with Crippen LogP contribution in [0.25, 0.3) is 11.1 Å². The molecule has 0 aliphatic carbocycles. The van der Waals surface area contributed by atoms with Gasteiger partial charge in [0.1, 0.15) is 23.7 Å². The van der Waals surface area contributed by atoms with Gasteiger partial charge in [-0.3, -0.25) is 0 Å². The molecule has 1 aromatic carbocycles. The maximum Gasteiger partial charge on any atom is 0.219 e. The monoisotopic (exact) mass is 376 g/mol. The molecule has 1 aliphatic rings. The van der Waals surface area contributed by atoms with Gasteiger partial charge < -0.3 is 21.1 Å². The lowest BCUT2D eigenvalue weighted by atomic mass is 9.98. The van der Waals surface area contributed by atoms with Gasteiger partial charge in [-0.2, -0.15) is 0 Å². The molecule has 0 unspecified atom stereocenters. The lowest BCUT2D eigenvalue weighted by Gasteiger charge is -2.23. The number of rotatable bonds is 6. The smallest absolute Gasteiger partial charge is 0.219 e. The van der Waals surface area contributed by atoms with Gasteiger partial charge in [0, 0.05) is 18.8 Å². The van der Waals surface area contributed by atoms with Gasteiger partial charge in [-0.05, 0) is 55.6 Å². The summed E-state index contributed by atoms with van der Waals surface area (Å²) in [6, 6.07) is 13.3. The van der Waals surface area contributed by atoms with E-state index in [2.05, 4.69) is 25.6 Å². The fraction of sp³-hybridized carbons (Fsp3) is 0.286. The fourth-order valence-electron chi connectivity index (χ4n) is 3.36. The van der Waals surface area contributed by atoms with Crippen molar-refractivity contribution in [3.05, 3.63) is 55.0 Å². The number of pyridine rings is 1. The molecular weight excluding hydrogens is 352 g/mol. The Bertz CT molecular complexity index is 895. The van der Waals surface area contributed by atoms with Crippen molar-refractivity contribution in [2.24, 2.45) is 5.92 Å². The van der Waals surface area contributed by atoms with Crippen molar-refractivity contribution in [2.45, 2.75) is 12.8 Å². The van der Waals surface area contributed by atoms with Crippen LogP contribution in [0.15, 0.2) is 55.0 Å². The van der Waals surface area contributed by atoms with Gasteiger partial charge in [0.15, 0.2) is 0 Å². The first kappa shape index (κ1) is 18.2. The van der Waals surface area contributed by atoms with E-state index in [1.807, 2.05) is 42.5 Å². The second-order valence-corrected chi connectivity index (χ2v) is 6.85. The number of aromatic nitrogens is 3. The number of hydrogen-bond donors (Lipinski definition) is 3. The van der Waals surface area contributed by atoms with E-state index in [1.165, 1.54) is 19.2 Å². The highest BCUT2D eigenvalue weighted by Crippen LogP contribution is 2.32. The molecule has 4 N–H and O–H groups in total. The molecule has 0 radical (unpaired) electrons. The Hall–Kier alpha value is -3.19. The molecule has 28 heavy (non-hydrogen) atoms. The van der Waals surface area contributed by atoms with Crippen LogP contribution in [0.2, 0.25) is 0 Å². The van der Waals surface area contributed by atoms with Gasteiger partial charge in [-0.15, -0.1) is 0 Å². The quantitative estimate of drug-likeness (QED) is 0.607. The summed E-state index contributed by atoms with van der Waals surface area (Å²) in [5.74, 6) is 3.13.